The van der Waals surface area contributed by atoms with Gasteiger partial charge in [0.25, 0.3) is 5.91 Å². The number of aliphatic hydroxyl groups is 2. The lowest BCUT2D eigenvalue weighted by molar-refractivity contribution is -0.116. The lowest BCUT2D eigenvalue weighted by Crippen LogP contribution is -2.48. The van der Waals surface area contributed by atoms with Crippen LogP contribution < -0.4 is 5.32 Å². The van der Waals surface area contributed by atoms with Crippen LogP contribution in [0.1, 0.15) is 42.4 Å². The van der Waals surface area contributed by atoms with Gasteiger partial charge in [0.05, 0.1) is 17.2 Å². The van der Waals surface area contributed by atoms with Crippen molar-refractivity contribution in [3.8, 4) is 11.1 Å². The van der Waals surface area contributed by atoms with E-state index in [2.05, 4.69) is 5.32 Å². The van der Waals surface area contributed by atoms with Crippen molar-refractivity contribution in [1.29, 1.82) is 0 Å². The van der Waals surface area contributed by atoms with Crippen molar-refractivity contribution in [2.75, 3.05) is 0 Å². The molecule has 1 heterocycles. The van der Waals surface area contributed by atoms with E-state index in [1.807, 2.05) is 50.2 Å². The van der Waals surface area contributed by atoms with Gasteiger partial charge in [-0.15, -0.1) is 0 Å². The molecule has 0 unspecified atom stereocenters. The monoisotopic (exact) mass is 397 g/mol. The third kappa shape index (κ3) is 3.01. The molecule has 1 fully saturated rings. The molecule has 28 heavy (non-hydrogen) atoms. The topological polar surface area (TPSA) is 69.6 Å². The first-order chi connectivity index (χ1) is 13.3. The predicted octanol–water partition coefficient (Wildman–Crippen LogP) is 4.70. The van der Waals surface area contributed by atoms with E-state index in [1.54, 1.807) is 0 Å². The molecular formula is C23H24ClNO3. The van der Waals surface area contributed by atoms with Crippen molar-refractivity contribution < 1.29 is 15.0 Å². The molecule has 2 aromatic carbocycles. The van der Waals surface area contributed by atoms with E-state index in [4.69, 9.17) is 11.6 Å². The second-order valence-corrected chi connectivity index (χ2v) is 8.36. The van der Waals surface area contributed by atoms with Gasteiger partial charge in [-0.1, -0.05) is 35.9 Å². The van der Waals surface area contributed by atoms with Crippen molar-refractivity contribution >= 4 is 23.1 Å². The number of rotatable bonds is 2. The summed E-state index contributed by atoms with van der Waals surface area (Å²) in [5.41, 5.74) is 4.31. The van der Waals surface area contributed by atoms with Crippen molar-refractivity contribution in [3.63, 3.8) is 0 Å². The lowest BCUT2D eigenvalue weighted by Gasteiger charge is -2.35. The van der Waals surface area contributed by atoms with Crippen LogP contribution in [-0.2, 0) is 4.79 Å². The van der Waals surface area contributed by atoms with Gasteiger partial charge >= 0.3 is 0 Å². The van der Waals surface area contributed by atoms with Gasteiger partial charge in [0.15, 0.2) is 0 Å². The van der Waals surface area contributed by atoms with E-state index in [9.17, 15) is 15.0 Å². The number of aryl methyl sites for hydroxylation is 1. The van der Waals surface area contributed by atoms with Crippen LogP contribution in [0.15, 0.2) is 42.2 Å². The van der Waals surface area contributed by atoms with Crippen molar-refractivity contribution in [1.82, 2.24) is 5.32 Å². The Kier molecular flexibility index (Phi) is 4.72. The SMILES string of the molecule is Cc1ccc(-c2ccc(Cl)cc2)c(C)c1C1=C(O)C2(CCC(O)CC2)NC1=O. The van der Waals surface area contributed by atoms with E-state index < -0.39 is 5.54 Å². The first-order valence-electron chi connectivity index (χ1n) is 9.63. The van der Waals surface area contributed by atoms with Gasteiger partial charge in [-0.05, 0) is 79.5 Å². The summed E-state index contributed by atoms with van der Waals surface area (Å²) < 4.78 is 0. The highest BCUT2D eigenvalue weighted by atomic mass is 35.5. The Balaban J connectivity index is 1.84. The maximum Gasteiger partial charge on any atom is 0.256 e. The molecule has 1 aliphatic carbocycles. The van der Waals surface area contributed by atoms with Crippen LogP contribution in [0.2, 0.25) is 5.02 Å². The first-order valence-corrected chi connectivity index (χ1v) is 10.0. The first kappa shape index (κ1) is 19.0. The van der Waals surface area contributed by atoms with Gasteiger partial charge in [0, 0.05) is 5.02 Å². The Bertz CT molecular complexity index is 970. The fourth-order valence-corrected chi connectivity index (χ4v) is 4.67. The van der Waals surface area contributed by atoms with Crippen molar-refractivity contribution in [2.45, 2.75) is 51.2 Å². The summed E-state index contributed by atoms with van der Waals surface area (Å²) in [5.74, 6) is -0.128. The van der Waals surface area contributed by atoms with Crippen LogP contribution in [0.25, 0.3) is 16.7 Å². The molecule has 0 saturated heterocycles. The van der Waals surface area contributed by atoms with Gasteiger partial charge in [-0.25, -0.2) is 0 Å². The van der Waals surface area contributed by atoms with Crippen LogP contribution in [0.3, 0.4) is 0 Å². The Morgan fingerprint density at radius 1 is 1.07 bits per heavy atom. The number of benzene rings is 2. The summed E-state index contributed by atoms with van der Waals surface area (Å²) in [7, 11) is 0. The number of amides is 1. The maximum atomic E-state index is 12.9. The van der Waals surface area contributed by atoms with Gasteiger partial charge in [0.2, 0.25) is 0 Å². The standard InChI is InChI=1S/C23H24ClNO3/c1-13-3-8-18(15-4-6-16(24)7-5-15)14(2)19(13)20-21(27)23(25-22(20)28)11-9-17(26)10-12-23/h3-8,17,26-27H,9-12H2,1-2H3,(H,25,28). The maximum absolute atomic E-state index is 12.9. The molecule has 1 aliphatic heterocycles. The molecule has 1 saturated carbocycles. The Hall–Kier alpha value is -2.30. The fraction of sp³-hybridized carbons (Fsp3) is 0.348. The van der Waals surface area contributed by atoms with Crippen molar-refractivity contribution in [3.05, 3.63) is 63.9 Å². The van der Waals surface area contributed by atoms with Gasteiger partial charge < -0.3 is 15.5 Å². The minimum Gasteiger partial charge on any atom is -0.509 e. The number of aliphatic hydroxyl groups excluding tert-OH is 2. The summed E-state index contributed by atoms with van der Waals surface area (Å²) in [6.45, 7) is 3.94. The molecule has 4 nitrogen and oxygen atoms in total. The number of hydrogen-bond donors (Lipinski definition) is 3. The summed E-state index contributed by atoms with van der Waals surface area (Å²) in [5, 5.41) is 24.6. The van der Waals surface area contributed by atoms with E-state index in [0.717, 1.165) is 27.8 Å². The minimum absolute atomic E-state index is 0.115. The molecule has 1 spiro atoms. The summed E-state index contributed by atoms with van der Waals surface area (Å²) in [4.78, 5) is 12.9. The van der Waals surface area contributed by atoms with Gasteiger partial charge in [-0.3, -0.25) is 4.79 Å². The Morgan fingerprint density at radius 2 is 1.71 bits per heavy atom. The van der Waals surface area contributed by atoms with Crippen LogP contribution >= 0.6 is 11.6 Å². The zero-order valence-electron chi connectivity index (χ0n) is 16.1. The average Bonchev–Trinajstić information content (AvgIpc) is 2.90. The van der Waals surface area contributed by atoms with Crippen LogP contribution in [0, 0.1) is 13.8 Å². The molecule has 0 bridgehead atoms. The largest absolute Gasteiger partial charge is 0.509 e. The third-order valence-corrected chi connectivity index (χ3v) is 6.41. The van der Waals surface area contributed by atoms with E-state index >= 15 is 0 Å². The molecule has 1 amide bonds. The Morgan fingerprint density at radius 3 is 2.36 bits per heavy atom. The smallest absolute Gasteiger partial charge is 0.256 e. The number of carbonyl (C=O) groups excluding carboxylic acids is 1. The van der Waals surface area contributed by atoms with Crippen LogP contribution in [0.4, 0.5) is 0 Å². The number of halogens is 1. The predicted molar refractivity (Wildman–Crippen MR) is 111 cm³/mol. The molecule has 146 valence electrons. The zero-order chi connectivity index (χ0) is 20.1. The summed E-state index contributed by atoms with van der Waals surface area (Å²) in [6.07, 6.45) is 1.87. The van der Waals surface area contributed by atoms with E-state index in [1.165, 1.54) is 0 Å². The zero-order valence-corrected chi connectivity index (χ0v) is 16.8. The highest BCUT2D eigenvalue weighted by Gasteiger charge is 2.48. The lowest BCUT2D eigenvalue weighted by atomic mass is 9.79. The number of nitrogens with one attached hydrogen (secondary N) is 1. The summed E-state index contributed by atoms with van der Waals surface area (Å²) >= 11 is 6.02. The molecule has 2 aliphatic rings. The number of hydrogen-bond acceptors (Lipinski definition) is 3. The average molecular weight is 398 g/mol. The molecule has 2 aromatic rings. The molecule has 4 rings (SSSR count). The molecule has 3 N–H and O–H groups in total. The molecule has 0 aromatic heterocycles. The van der Waals surface area contributed by atoms with Gasteiger partial charge in [-0.2, -0.15) is 0 Å². The van der Waals surface area contributed by atoms with Crippen molar-refractivity contribution in [2.24, 2.45) is 0 Å². The van der Waals surface area contributed by atoms with Gasteiger partial charge in [0.1, 0.15) is 5.76 Å². The number of carbonyl (C=O) groups is 1. The fourth-order valence-electron chi connectivity index (χ4n) is 4.55. The molecule has 5 heteroatoms. The van der Waals surface area contributed by atoms with E-state index in [-0.39, 0.29) is 17.8 Å². The molecular weight excluding hydrogens is 374 g/mol. The quantitative estimate of drug-likeness (QED) is 0.688. The second-order valence-electron chi connectivity index (χ2n) is 7.93. The highest BCUT2D eigenvalue weighted by molar-refractivity contribution is 6.30. The summed E-state index contributed by atoms with van der Waals surface area (Å²) in [6, 6.07) is 11.6. The minimum atomic E-state index is -0.749. The highest BCUT2D eigenvalue weighted by Crippen LogP contribution is 2.43. The molecule has 0 atom stereocenters. The third-order valence-electron chi connectivity index (χ3n) is 6.16. The normalized spacial score (nSPS) is 24.7. The second kappa shape index (κ2) is 6.94. The molecule has 0 radical (unpaired) electrons. The Labute approximate surface area is 169 Å². The van der Waals surface area contributed by atoms with Crippen LogP contribution in [0.5, 0.6) is 0 Å². The van der Waals surface area contributed by atoms with Crippen LogP contribution in [-0.4, -0.2) is 27.8 Å². The van der Waals surface area contributed by atoms with E-state index in [0.29, 0.717) is 36.3 Å².